The van der Waals surface area contributed by atoms with Gasteiger partial charge in [-0.1, -0.05) is 75.4 Å². The number of rotatable bonds is 2. The van der Waals surface area contributed by atoms with E-state index in [4.69, 9.17) is 4.42 Å². The molecule has 0 atom stereocenters. The zero-order valence-corrected chi connectivity index (χ0v) is 21.5. The number of para-hydroxylation sites is 1. The van der Waals surface area contributed by atoms with Gasteiger partial charge in [-0.2, -0.15) is 0 Å². The van der Waals surface area contributed by atoms with Crippen molar-refractivity contribution in [1.29, 1.82) is 0 Å². The van der Waals surface area contributed by atoms with E-state index in [1.807, 2.05) is 48.5 Å². The second-order valence-corrected chi connectivity index (χ2v) is 11.0. The lowest BCUT2D eigenvalue weighted by molar-refractivity contribution is 0.591. The van der Waals surface area contributed by atoms with E-state index in [0.717, 1.165) is 49.1 Å². The van der Waals surface area contributed by atoms with Crippen molar-refractivity contribution < 1.29 is 8.81 Å². The molecule has 5 aromatic carbocycles. The minimum Gasteiger partial charge on any atom is -0.455 e. The molecule has 0 aliphatic carbocycles. The number of benzene rings is 5. The average molecular weight is 496 g/mol. The standard InChI is InChI=1S/C35H26FNO/c1-35(2,3)22-14-15-24-28(20-22)23-10-5-4-9-21(23)19-29(24)32-30(36)17-16-26-25-11-8-12-27(33(25)38-34(26)32)31-13-6-7-18-37-31/h4-20H,1-3H3. The fourth-order valence-corrected chi connectivity index (χ4v) is 5.59. The molecule has 0 bridgehead atoms. The van der Waals surface area contributed by atoms with E-state index in [1.165, 1.54) is 5.56 Å². The molecule has 38 heavy (non-hydrogen) atoms. The van der Waals surface area contributed by atoms with Crippen molar-refractivity contribution in [3.05, 3.63) is 115 Å². The molecule has 7 rings (SSSR count). The highest BCUT2D eigenvalue weighted by molar-refractivity contribution is 6.18. The first-order valence-corrected chi connectivity index (χ1v) is 12.9. The van der Waals surface area contributed by atoms with Crippen LogP contribution >= 0.6 is 0 Å². The molecule has 0 aliphatic rings. The van der Waals surface area contributed by atoms with Crippen molar-refractivity contribution in [1.82, 2.24) is 4.98 Å². The number of pyridine rings is 1. The molecular formula is C35H26FNO. The molecule has 0 saturated carbocycles. The van der Waals surface area contributed by atoms with Crippen LogP contribution in [0.3, 0.4) is 0 Å². The van der Waals surface area contributed by atoms with E-state index in [1.54, 1.807) is 12.3 Å². The molecule has 3 heteroatoms. The summed E-state index contributed by atoms with van der Waals surface area (Å²) in [5, 5.41) is 6.20. The zero-order valence-electron chi connectivity index (χ0n) is 21.5. The van der Waals surface area contributed by atoms with E-state index < -0.39 is 0 Å². The first kappa shape index (κ1) is 22.7. The fourth-order valence-electron chi connectivity index (χ4n) is 5.59. The molecule has 0 amide bonds. The second-order valence-electron chi connectivity index (χ2n) is 11.0. The molecular weight excluding hydrogens is 469 g/mol. The fraction of sp³-hybridized carbons (Fsp3) is 0.114. The molecule has 0 fully saturated rings. The molecule has 0 aliphatic heterocycles. The topological polar surface area (TPSA) is 26.0 Å². The first-order valence-electron chi connectivity index (χ1n) is 12.9. The van der Waals surface area contributed by atoms with Crippen LogP contribution in [-0.4, -0.2) is 4.98 Å². The highest BCUT2D eigenvalue weighted by Gasteiger charge is 2.22. The first-order chi connectivity index (χ1) is 18.4. The van der Waals surface area contributed by atoms with Crippen LogP contribution in [-0.2, 0) is 5.41 Å². The molecule has 0 saturated heterocycles. The van der Waals surface area contributed by atoms with Crippen LogP contribution in [0.5, 0.6) is 0 Å². The van der Waals surface area contributed by atoms with Gasteiger partial charge in [-0.05, 0) is 80.6 Å². The summed E-state index contributed by atoms with van der Waals surface area (Å²) in [4.78, 5) is 4.54. The Morgan fingerprint density at radius 2 is 1.39 bits per heavy atom. The minimum absolute atomic E-state index is 0.00281. The average Bonchev–Trinajstić information content (AvgIpc) is 3.31. The number of halogens is 1. The van der Waals surface area contributed by atoms with Gasteiger partial charge in [-0.25, -0.2) is 4.39 Å². The molecule has 2 nitrogen and oxygen atoms in total. The van der Waals surface area contributed by atoms with Gasteiger partial charge in [-0.15, -0.1) is 0 Å². The molecule has 184 valence electrons. The van der Waals surface area contributed by atoms with Crippen LogP contribution in [0.2, 0.25) is 0 Å². The number of hydrogen-bond donors (Lipinski definition) is 0. The van der Waals surface area contributed by atoms with E-state index in [0.29, 0.717) is 16.7 Å². The SMILES string of the molecule is CC(C)(C)c1ccc2c(-c3c(F)ccc4c3oc3c(-c5ccccn5)cccc34)cc3ccccc3c2c1. The quantitative estimate of drug-likeness (QED) is 0.223. The van der Waals surface area contributed by atoms with E-state index >= 15 is 4.39 Å². The summed E-state index contributed by atoms with van der Waals surface area (Å²) < 4.78 is 22.4. The Labute approximate surface area is 220 Å². The highest BCUT2D eigenvalue weighted by Crippen LogP contribution is 2.44. The Balaban J connectivity index is 1.59. The molecule has 2 aromatic heterocycles. The number of furan rings is 1. The maximum Gasteiger partial charge on any atom is 0.146 e. The lowest BCUT2D eigenvalue weighted by atomic mass is 9.84. The summed E-state index contributed by atoms with van der Waals surface area (Å²) in [5.74, 6) is -0.299. The Hall–Kier alpha value is -4.50. The summed E-state index contributed by atoms with van der Waals surface area (Å²) in [6, 6.07) is 32.2. The second kappa shape index (κ2) is 8.26. The minimum atomic E-state index is -0.299. The molecule has 2 heterocycles. The third-order valence-corrected chi connectivity index (χ3v) is 7.55. The van der Waals surface area contributed by atoms with Gasteiger partial charge >= 0.3 is 0 Å². The van der Waals surface area contributed by atoms with Gasteiger partial charge < -0.3 is 4.42 Å². The van der Waals surface area contributed by atoms with Crippen LogP contribution in [0.15, 0.2) is 108 Å². The Bertz CT molecular complexity index is 2010. The van der Waals surface area contributed by atoms with Gasteiger partial charge in [0.15, 0.2) is 0 Å². The largest absolute Gasteiger partial charge is 0.455 e. The Morgan fingerprint density at radius 1 is 0.632 bits per heavy atom. The van der Waals surface area contributed by atoms with Crippen LogP contribution in [0.1, 0.15) is 26.3 Å². The smallest absolute Gasteiger partial charge is 0.146 e. The summed E-state index contributed by atoms with van der Waals surface area (Å²) in [7, 11) is 0. The van der Waals surface area contributed by atoms with Gasteiger partial charge in [0.1, 0.15) is 17.0 Å². The monoisotopic (exact) mass is 495 g/mol. The van der Waals surface area contributed by atoms with Crippen LogP contribution < -0.4 is 0 Å². The van der Waals surface area contributed by atoms with E-state index in [9.17, 15) is 0 Å². The lowest BCUT2D eigenvalue weighted by Crippen LogP contribution is -2.10. The third-order valence-electron chi connectivity index (χ3n) is 7.55. The Kier molecular flexibility index (Phi) is 4.93. The maximum atomic E-state index is 15.9. The van der Waals surface area contributed by atoms with E-state index in [2.05, 4.69) is 68.2 Å². The van der Waals surface area contributed by atoms with Gasteiger partial charge in [0.05, 0.1) is 11.3 Å². The number of nitrogens with zero attached hydrogens (tertiary/aromatic N) is 1. The van der Waals surface area contributed by atoms with Crippen molar-refractivity contribution in [3.8, 4) is 22.4 Å². The third kappa shape index (κ3) is 3.42. The normalized spacial score (nSPS) is 12.2. The predicted molar refractivity (Wildman–Crippen MR) is 156 cm³/mol. The summed E-state index contributed by atoms with van der Waals surface area (Å²) in [5.41, 5.74) is 5.55. The summed E-state index contributed by atoms with van der Waals surface area (Å²) in [6.45, 7) is 6.65. The zero-order chi connectivity index (χ0) is 26.0. The lowest BCUT2D eigenvalue weighted by Gasteiger charge is -2.21. The van der Waals surface area contributed by atoms with Crippen molar-refractivity contribution >= 4 is 43.5 Å². The number of fused-ring (bicyclic) bond motifs is 6. The van der Waals surface area contributed by atoms with Gasteiger partial charge in [0, 0.05) is 22.5 Å². The van der Waals surface area contributed by atoms with Crippen molar-refractivity contribution in [3.63, 3.8) is 0 Å². The van der Waals surface area contributed by atoms with E-state index in [-0.39, 0.29) is 11.2 Å². The highest BCUT2D eigenvalue weighted by atomic mass is 19.1. The number of hydrogen-bond acceptors (Lipinski definition) is 2. The van der Waals surface area contributed by atoms with Gasteiger partial charge in [-0.3, -0.25) is 4.98 Å². The predicted octanol–water partition coefficient (Wildman–Crippen LogP) is 10.1. The molecule has 0 radical (unpaired) electrons. The molecule has 7 aromatic rings. The van der Waals surface area contributed by atoms with Crippen molar-refractivity contribution in [2.24, 2.45) is 0 Å². The Morgan fingerprint density at radius 3 is 2.21 bits per heavy atom. The molecule has 0 unspecified atom stereocenters. The van der Waals surface area contributed by atoms with Crippen molar-refractivity contribution in [2.45, 2.75) is 26.2 Å². The summed E-state index contributed by atoms with van der Waals surface area (Å²) >= 11 is 0. The summed E-state index contributed by atoms with van der Waals surface area (Å²) in [6.07, 6.45) is 1.77. The van der Waals surface area contributed by atoms with Gasteiger partial charge in [0.25, 0.3) is 0 Å². The molecule has 0 N–H and O–H groups in total. The van der Waals surface area contributed by atoms with Crippen LogP contribution in [0.4, 0.5) is 4.39 Å². The number of aromatic nitrogens is 1. The van der Waals surface area contributed by atoms with Crippen LogP contribution in [0.25, 0.3) is 65.9 Å². The van der Waals surface area contributed by atoms with Crippen molar-refractivity contribution in [2.75, 3.05) is 0 Å². The van der Waals surface area contributed by atoms with Crippen LogP contribution in [0, 0.1) is 5.82 Å². The molecule has 0 spiro atoms. The van der Waals surface area contributed by atoms with Gasteiger partial charge in [0.2, 0.25) is 0 Å². The maximum absolute atomic E-state index is 15.9.